The number of hydrogen-bond donors (Lipinski definition) is 1. The van der Waals surface area contributed by atoms with E-state index in [1.165, 1.54) is 16.7 Å². The largest absolute Gasteiger partial charge is 0.316 e. The molecule has 0 spiro atoms. The van der Waals surface area contributed by atoms with Crippen LogP contribution in [0.2, 0.25) is 0 Å². The molecule has 1 aromatic rings. The zero-order valence-corrected chi connectivity index (χ0v) is 7.44. The third kappa shape index (κ3) is 2.35. The Morgan fingerprint density at radius 1 is 1.09 bits per heavy atom. The van der Waals surface area contributed by atoms with Crippen molar-refractivity contribution >= 4 is 0 Å². The average molecular weight is 149 g/mol. The summed E-state index contributed by atoms with van der Waals surface area (Å²) >= 11 is 0. The van der Waals surface area contributed by atoms with Gasteiger partial charge >= 0.3 is 0 Å². The molecule has 0 aromatic heterocycles. The molecule has 0 aliphatic rings. The van der Waals surface area contributed by atoms with Crippen LogP contribution >= 0.6 is 0 Å². The summed E-state index contributed by atoms with van der Waals surface area (Å²) in [4.78, 5) is 0. The highest BCUT2D eigenvalue weighted by Crippen LogP contribution is 2.07. The normalized spacial score (nSPS) is 10.1. The lowest BCUT2D eigenvalue weighted by Gasteiger charge is -2.03. The first-order valence-electron chi connectivity index (χ1n) is 3.94. The summed E-state index contributed by atoms with van der Waals surface area (Å²) in [5.41, 5.74) is 4.05. The molecule has 0 saturated heterocycles. The quantitative estimate of drug-likeness (QED) is 0.678. The minimum absolute atomic E-state index is 0.961. The smallest absolute Gasteiger partial charge is 0.0202 e. The second kappa shape index (κ2) is 3.54. The van der Waals surface area contributed by atoms with Gasteiger partial charge in [0, 0.05) is 6.54 Å². The molecule has 0 aliphatic carbocycles. The van der Waals surface area contributed by atoms with Crippen molar-refractivity contribution in [2.24, 2.45) is 0 Å². The summed E-state index contributed by atoms with van der Waals surface area (Å²) in [6, 6.07) is 6.62. The van der Waals surface area contributed by atoms with Gasteiger partial charge in [-0.15, -0.1) is 0 Å². The zero-order chi connectivity index (χ0) is 8.27. The molecule has 11 heavy (non-hydrogen) atoms. The molecular weight excluding hydrogens is 134 g/mol. The molecule has 1 N–H and O–H groups in total. The first kappa shape index (κ1) is 8.28. The highest BCUT2D eigenvalue weighted by atomic mass is 14.8. The predicted octanol–water partition coefficient (Wildman–Crippen LogP) is 2.02. The van der Waals surface area contributed by atoms with E-state index in [4.69, 9.17) is 0 Å². The summed E-state index contributed by atoms with van der Waals surface area (Å²) < 4.78 is 0. The van der Waals surface area contributed by atoms with E-state index >= 15 is 0 Å². The van der Waals surface area contributed by atoms with Crippen LogP contribution in [-0.4, -0.2) is 7.05 Å². The Hall–Kier alpha value is -0.820. The predicted molar refractivity (Wildman–Crippen MR) is 48.7 cm³/mol. The molecule has 0 atom stereocenters. The van der Waals surface area contributed by atoms with Crippen LogP contribution in [0.5, 0.6) is 0 Å². The lowest BCUT2D eigenvalue weighted by atomic mass is 10.1. The van der Waals surface area contributed by atoms with Crippen molar-refractivity contribution in [3.05, 3.63) is 34.9 Å². The molecule has 1 rings (SSSR count). The molecular formula is C10H15N. The Bertz CT molecular complexity index is 220. The standard InChI is InChI=1S/C10H15N/c1-8-4-9(2)6-10(5-8)7-11-3/h4-6,11H,7H2,1-3H3. The number of hydrogen-bond acceptors (Lipinski definition) is 1. The Balaban J connectivity index is 2.89. The van der Waals surface area contributed by atoms with Crippen molar-refractivity contribution in [1.82, 2.24) is 5.32 Å². The molecule has 0 radical (unpaired) electrons. The van der Waals surface area contributed by atoms with Crippen molar-refractivity contribution in [1.29, 1.82) is 0 Å². The Morgan fingerprint density at radius 3 is 2.09 bits per heavy atom. The van der Waals surface area contributed by atoms with Crippen LogP contribution in [0.1, 0.15) is 16.7 Å². The van der Waals surface area contributed by atoms with E-state index in [-0.39, 0.29) is 0 Å². The van der Waals surface area contributed by atoms with Crippen LogP contribution in [0.3, 0.4) is 0 Å². The van der Waals surface area contributed by atoms with Gasteiger partial charge < -0.3 is 5.32 Å². The Kier molecular flexibility index (Phi) is 2.66. The number of aryl methyl sites for hydroxylation is 2. The Morgan fingerprint density at radius 2 is 1.64 bits per heavy atom. The van der Waals surface area contributed by atoms with Gasteiger partial charge in [0.1, 0.15) is 0 Å². The van der Waals surface area contributed by atoms with Crippen LogP contribution < -0.4 is 5.32 Å². The SMILES string of the molecule is CNCc1cc(C)cc(C)c1. The fourth-order valence-electron chi connectivity index (χ4n) is 1.38. The van der Waals surface area contributed by atoms with E-state index in [1.54, 1.807) is 0 Å². The number of rotatable bonds is 2. The molecule has 60 valence electrons. The summed E-state index contributed by atoms with van der Waals surface area (Å²) in [5, 5.41) is 3.14. The van der Waals surface area contributed by atoms with Crippen molar-refractivity contribution in [2.75, 3.05) is 7.05 Å². The van der Waals surface area contributed by atoms with Gasteiger partial charge in [0.25, 0.3) is 0 Å². The third-order valence-corrected chi connectivity index (χ3v) is 1.66. The number of nitrogens with one attached hydrogen (secondary N) is 1. The molecule has 1 heteroatoms. The fourth-order valence-corrected chi connectivity index (χ4v) is 1.38. The van der Waals surface area contributed by atoms with E-state index in [2.05, 4.69) is 37.4 Å². The van der Waals surface area contributed by atoms with Crippen LogP contribution in [-0.2, 0) is 6.54 Å². The van der Waals surface area contributed by atoms with E-state index in [1.807, 2.05) is 7.05 Å². The van der Waals surface area contributed by atoms with Gasteiger partial charge in [0.05, 0.1) is 0 Å². The summed E-state index contributed by atoms with van der Waals surface area (Å²) in [5.74, 6) is 0. The maximum Gasteiger partial charge on any atom is 0.0202 e. The molecule has 0 unspecified atom stereocenters. The fraction of sp³-hybridized carbons (Fsp3) is 0.400. The average Bonchev–Trinajstić information content (AvgIpc) is 1.85. The van der Waals surface area contributed by atoms with Gasteiger partial charge in [-0.2, -0.15) is 0 Å². The van der Waals surface area contributed by atoms with Crippen LogP contribution in [0, 0.1) is 13.8 Å². The van der Waals surface area contributed by atoms with Crippen molar-refractivity contribution in [3.63, 3.8) is 0 Å². The maximum absolute atomic E-state index is 3.14. The van der Waals surface area contributed by atoms with E-state index in [0.717, 1.165) is 6.54 Å². The van der Waals surface area contributed by atoms with E-state index in [0.29, 0.717) is 0 Å². The highest BCUT2D eigenvalue weighted by Gasteiger charge is 1.92. The molecule has 0 fully saturated rings. The molecule has 0 aliphatic heterocycles. The second-order valence-corrected chi connectivity index (χ2v) is 3.03. The van der Waals surface area contributed by atoms with Crippen LogP contribution in [0.15, 0.2) is 18.2 Å². The summed E-state index contributed by atoms with van der Waals surface area (Å²) in [6.07, 6.45) is 0. The number of benzene rings is 1. The highest BCUT2D eigenvalue weighted by molar-refractivity contribution is 5.28. The van der Waals surface area contributed by atoms with Gasteiger partial charge in [-0.3, -0.25) is 0 Å². The summed E-state index contributed by atoms with van der Waals surface area (Å²) in [7, 11) is 1.97. The van der Waals surface area contributed by atoms with Crippen molar-refractivity contribution < 1.29 is 0 Å². The molecule has 0 saturated carbocycles. The maximum atomic E-state index is 3.14. The van der Waals surface area contributed by atoms with Crippen LogP contribution in [0.25, 0.3) is 0 Å². The first-order valence-corrected chi connectivity index (χ1v) is 3.94. The summed E-state index contributed by atoms with van der Waals surface area (Å²) in [6.45, 7) is 5.22. The van der Waals surface area contributed by atoms with Gasteiger partial charge in [-0.25, -0.2) is 0 Å². The monoisotopic (exact) mass is 149 g/mol. The lowest BCUT2D eigenvalue weighted by molar-refractivity contribution is 0.816. The molecule has 0 heterocycles. The van der Waals surface area contributed by atoms with Crippen LogP contribution in [0.4, 0.5) is 0 Å². The van der Waals surface area contributed by atoms with Gasteiger partial charge in [-0.05, 0) is 26.5 Å². The van der Waals surface area contributed by atoms with Gasteiger partial charge in [-0.1, -0.05) is 29.3 Å². The zero-order valence-electron chi connectivity index (χ0n) is 7.44. The van der Waals surface area contributed by atoms with Gasteiger partial charge in [0.2, 0.25) is 0 Å². The second-order valence-electron chi connectivity index (χ2n) is 3.03. The molecule has 1 aromatic carbocycles. The lowest BCUT2D eigenvalue weighted by Crippen LogP contribution is -2.05. The minimum Gasteiger partial charge on any atom is -0.316 e. The van der Waals surface area contributed by atoms with Crippen molar-refractivity contribution in [2.45, 2.75) is 20.4 Å². The molecule has 1 nitrogen and oxygen atoms in total. The van der Waals surface area contributed by atoms with Crippen molar-refractivity contribution in [3.8, 4) is 0 Å². The topological polar surface area (TPSA) is 12.0 Å². The first-order chi connectivity index (χ1) is 5.22. The Labute approximate surface area is 68.4 Å². The third-order valence-electron chi connectivity index (χ3n) is 1.66. The molecule has 0 bridgehead atoms. The minimum atomic E-state index is 0.961. The van der Waals surface area contributed by atoms with E-state index < -0.39 is 0 Å². The van der Waals surface area contributed by atoms with E-state index in [9.17, 15) is 0 Å². The van der Waals surface area contributed by atoms with Gasteiger partial charge in [0.15, 0.2) is 0 Å². The molecule has 0 amide bonds.